The molecule has 0 aliphatic rings. The van der Waals surface area contributed by atoms with Gasteiger partial charge >= 0.3 is 0 Å². The fraction of sp³-hybridized carbons (Fsp3) is 0.118. The summed E-state index contributed by atoms with van der Waals surface area (Å²) in [5.41, 5.74) is 4.35. The molecule has 0 spiro atoms. The highest BCUT2D eigenvalue weighted by Crippen LogP contribution is 2.21. The monoisotopic (exact) mass is 279 g/mol. The van der Waals surface area contributed by atoms with E-state index in [1.54, 1.807) is 13.4 Å². The number of nitrogens with zero attached hydrogens (tertiary/aromatic N) is 1. The molecule has 106 valence electrons. The molecule has 2 N–H and O–H groups in total. The molecule has 0 aliphatic heterocycles. The van der Waals surface area contributed by atoms with E-state index in [0.717, 1.165) is 34.8 Å². The van der Waals surface area contributed by atoms with Gasteiger partial charge in [0.25, 0.3) is 0 Å². The number of rotatable bonds is 5. The fourth-order valence-electron chi connectivity index (χ4n) is 2.23. The summed E-state index contributed by atoms with van der Waals surface area (Å²) in [5.74, 6) is 0.902. The summed E-state index contributed by atoms with van der Waals surface area (Å²) in [6, 6.07) is 16.3. The molecule has 0 fully saturated rings. The molecule has 3 rings (SSSR count). The van der Waals surface area contributed by atoms with Crippen molar-refractivity contribution in [3.05, 3.63) is 66.6 Å². The number of benzene rings is 2. The van der Waals surface area contributed by atoms with Crippen LogP contribution in [0.1, 0.15) is 5.56 Å². The maximum atomic E-state index is 5.35. The van der Waals surface area contributed by atoms with E-state index in [2.05, 4.69) is 45.6 Å². The van der Waals surface area contributed by atoms with Crippen LogP contribution in [0.5, 0.6) is 5.75 Å². The zero-order chi connectivity index (χ0) is 14.5. The molecule has 0 unspecified atom stereocenters. The van der Waals surface area contributed by atoms with Crippen LogP contribution >= 0.6 is 0 Å². The maximum absolute atomic E-state index is 5.35. The van der Waals surface area contributed by atoms with Crippen LogP contribution in [0, 0.1) is 0 Å². The second-order valence-electron chi connectivity index (χ2n) is 4.71. The van der Waals surface area contributed by atoms with E-state index >= 15 is 0 Å². The van der Waals surface area contributed by atoms with Crippen molar-refractivity contribution in [1.29, 1.82) is 0 Å². The van der Waals surface area contributed by atoms with Crippen LogP contribution in [0.2, 0.25) is 0 Å². The molecule has 3 aromatic rings. The predicted molar refractivity (Wildman–Crippen MR) is 84.3 cm³/mol. The van der Waals surface area contributed by atoms with E-state index in [0.29, 0.717) is 0 Å². The lowest BCUT2D eigenvalue weighted by atomic mass is 10.1. The number of anilines is 1. The Kier molecular flexibility index (Phi) is 3.87. The quantitative estimate of drug-likeness (QED) is 0.748. The van der Waals surface area contributed by atoms with Crippen molar-refractivity contribution in [1.82, 2.24) is 9.97 Å². The van der Waals surface area contributed by atoms with Crippen LogP contribution in [0.25, 0.3) is 11.3 Å². The van der Waals surface area contributed by atoms with Gasteiger partial charge in [-0.25, -0.2) is 4.98 Å². The molecule has 0 saturated heterocycles. The molecular weight excluding hydrogens is 262 g/mol. The minimum absolute atomic E-state index is 0.730. The van der Waals surface area contributed by atoms with Crippen molar-refractivity contribution in [2.24, 2.45) is 0 Å². The predicted octanol–water partition coefficient (Wildman–Crippen LogP) is 3.70. The first-order valence-electron chi connectivity index (χ1n) is 6.81. The lowest BCUT2D eigenvalue weighted by Gasteiger charge is -2.10. The van der Waals surface area contributed by atoms with E-state index in [4.69, 9.17) is 4.74 Å². The Labute approximate surface area is 123 Å². The number of methoxy groups -OCH3 is 1. The van der Waals surface area contributed by atoms with Gasteiger partial charge in [0.15, 0.2) is 0 Å². The third-order valence-electron chi connectivity index (χ3n) is 3.37. The number of para-hydroxylation sites is 1. The smallest absolute Gasteiger partial charge is 0.123 e. The largest absolute Gasteiger partial charge is 0.496 e. The molecule has 1 aromatic heterocycles. The zero-order valence-electron chi connectivity index (χ0n) is 11.8. The normalized spacial score (nSPS) is 10.3. The van der Waals surface area contributed by atoms with Gasteiger partial charge in [-0.3, -0.25) is 0 Å². The second-order valence-corrected chi connectivity index (χ2v) is 4.71. The fourth-order valence-corrected chi connectivity index (χ4v) is 2.23. The maximum Gasteiger partial charge on any atom is 0.123 e. The minimum Gasteiger partial charge on any atom is -0.496 e. The van der Waals surface area contributed by atoms with E-state index in [1.165, 1.54) is 0 Å². The molecule has 0 saturated carbocycles. The molecule has 2 aromatic carbocycles. The van der Waals surface area contributed by atoms with Crippen molar-refractivity contribution in [2.45, 2.75) is 6.54 Å². The summed E-state index contributed by atoms with van der Waals surface area (Å²) in [4.78, 5) is 7.13. The van der Waals surface area contributed by atoms with Gasteiger partial charge in [-0.1, -0.05) is 30.3 Å². The van der Waals surface area contributed by atoms with Crippen molar-refractivity contribution in [3.8, 4) is 17.0 Å². The Morgan fingerprint density at radius 1 is 1.10 bits per heavy atom. The number of aromatic nitrogens is 2. The summed E-state index contributed by atoms with van der Waals surface area (Å²) in [6.07, 6.45) is 3.50. The van der Waals surface area contributed by atoms with Gasteiger partial charge in [0, 0.05) is 17.8 Å². The molecule has 1 heterocycles. The molecule has 0 aliphatic carbocycles. The molecular formula is C17H17N3O. The summed E-state index contributed by atoms with van der Waals surface area (Å²) >= 11 is 0. The second kappa shape index (κ2) is 6.13. The van der Waals surface area contributed by atoms with Crippen molar-refractivity contribution in [2.75, 3.05) is 12.4 Å². The van der Waals surface area contributed by atoms with Gasteiger partial charge < -0.3 is 15.0 Å². The Hall–Kier alpha value is -2.75. The number of aromatic amines is 1. The molecule has 21 heavy (non-hydrogen) atoms. The highest BCUT2D eigenvalue weighted by Gasteiger charge is 2.02. The Bertz CT molecular complexity index is 690. The molecule has 4 heteroatoms. The summed E-state index contributed by atoms with van der Waals surface area (Å²) in [5, 5.41) is 3.40. The average molecular weight is 279 g/mol. The minimum atomic E-state index is 0.730. The number of nitrogens with one attached hydrogen (secondary N) is 2. The molecule has 0 amide bonds. The standard InChI is InChI=1S/C17H17N3O/c1-21-17-5-3-2-4-14(17)10-19-15-8-6-13(7-9-15)16-11-18-12-20-16/h2-9,11-12,19H,10H2,1H3,(H,18,20). The summed E-state index contributed by atoms with van der Waals surface area (Å²) in [7, 11) is 1.69. The number of H-pyrrole nitrogens is 1. The number of hydrogen-bond acceptors (Lipinski definition) is 3. The van der Waals surface area contributed by atoms with Crippen molar-refractivity contribution >= 4 is 5.69 Å². The number of imidazole rings is 1. The molecule has 4 nitrogen and oxygen atoms in total. The van der Waals surface area contributed by atoms with Gasteiger partial charge in [-0.2, -0.15) is 0 Å². The highest BCUT2D eigenvalue weighted by atomic mass is 16.5. The van der Waals surface area contributed by atoms with Gasteiger partial charge in [-0.05, 0) is 23.8 Å². The molecule has 0 radical (unpaired) electrons. The van der Waals surface area contributed by atoms with Crippen LogP contribution in [0.15, 0.2) is 61.1 Å². The lowest BCUT2D eigenvalue weighted by Crippen LogP contribution is -2.01. The Balaban J connectivity index is 1.68. The van der Waals surface area contributed by atoms with Crippen molar-refractivity contribution < 1.29 is 4.74 Å². The zero-order valence-corrected chi connectivity index (χ0v) is 11.8. The van der Waals surface area contributed by atoms with E-state index in [9.17, 15) is 0 Å². The van der Waals surface area contributed by atoms with Crippen LogP contribution in [0.4, 0.5) is 5.69 Å². The lowest BCUT2D eigenvalue weighted by molar-refractivity contribution is 0.410. The van der Waals surface area contributed by atoms with E-state index < -0.39 is 0 Å². The van der Waals surface area contributed by atoms with Crippen LogP contribution in [-0.2, 0) is 6.54 Å². The van der Waals surface area contributed by atoms with E-state index in [-0.39, 0.29) is 0 Å². The molecule has 0 atom stereocenters. The summed E-state index contributed by atoms with van der Waals surface area (Å²) in [6.45, 7) is 0.730. The summed E-state index contributed by atoms with van der Waals surface area (Å²) < 4.78 is 5.35. The average Bonchev–Trinajstić information content (AvgIpc) is 3.08. The first-order valence-corrected chi connectivity index (χ1v) is 6.81. The number of hydrogen-bond donors (Lipinski definition) is 2. The van der Waals surface area contributed by atoms with Crippen LogP contribution in [-0.4, -0.2) is 17.1 Å². The third-order valence-corrected chi connectivity index (χ3v) is 3.37. The van der Waals surface area contributed by atoms with Crippen LogP contribution < -0.4 is 10.1 Å². The SMILES string of the molecule is COc1ccccc1CNc1ccc(-c2cnc[nH]2)cc1. The van der Waals surface area contributed by atoms with Crippen molar-refractivity contribution in [3.63, 3.8) is 0 Å². The highest BCUT2D eigenvalue weighted by molar-refractivity contribution is 5.62. The Morgan fingerprint density at radius 3 is 2.62 bits per heavy atom. The van der Waals surface area contributed by atoms with E-state index in [1.807, 2.05) is 24.4 Å². The topological polar surface area (TPSA) is 49.9 Å². The molecule has 0 bridgehead atoms. The Morgan fingerprint density at radius 2 is 1.90 bits per heavy atom. The van der Waals surface area contributed by atoms with Gasteiger partial charge in [0.05, 0.1) is 25.3 Å². The van der Waals surface area contributed by atoms with Crippen LogP contribution in [0.3, 0.4) is 0 Å². The third kappa shape index (κ3) is 3.05. The number of ether oxygens (including phenoxy) is 1. The van der Waals surface area contributed by atoms with Gasteiger partial charge in [0.1, 0.15) is 5.75 Å². The first-order chi connectivity index (χ1) is 10.4. The first kappa shape index (κ1) is 13.2. The van der Waals surface area contributed by atoms with Gasteiger partial charge in [-0.15, -0.1) is 0 Å². The van der Waals surface area contributed by atoms with Gasteiger partial charge in [0.2, 0.25) is 0 Å².